The summed E-state index contributed by atoms with van der Waals surface area (Å²) in [5.41, 5.74) is 1.03. The topological polar surface area (TPSA) is 47.0 Å². The molecule has 0 unspecified atom stereocenters. The van der Waals surface area contributed by atoms with Crippen LogP contribution in [0.15, 0.2) is 29.1 Å². The van der Waals surface area contributed by atoms with Gasteiger partial charge in [0.15, 0.2) is 0 Å². The van der Waals surface area contributed by atoms with Crippen molar-refractivity contribution in [2.24, 2.45) is 0 Å². The molecule has 0 bridgehead atoms. The monoisotopic (exact) mass is 271 g/mol. The van der Waals surface area contributed by atoms with E-state index in [1.807, 2.05) is 13.0 Å². The molecular weight excluding hydrogens is 258 g/mol. The van der Waals surface area contributed by atoms with Gasteiger partial charge in [-0.25, -0.2) is 9.97 Å². The molecule has 0 fully saturated rings. The highest BCUT2D eigenvalue weighted by Gasteiger charge is 1.95. The van der Waals surface area contributed by atoms with Crippen LogP contribution in [-0.2, 0) is 4.74 Å². The van der Waals surface area contributed by atoms with E-state index in [4.69, 9.17) is 4.74 Å². The van der Waals surface area contributed by atoms with Gasteiger partial charge >= 0.3 is 0 Å². The Labute approximate surface area is 97.9 Å². The van der Waals surface area contributed by atoms with E-state index in [1.54, 1.807) is 0 Å². The molecule has 0 saturated carbocycles. The number of hydrogen-bond donors (Lipinski definition) is 1. The Bertz CT molecular complexity index is 330. The molecule has 0 atom stereocenters. The first-order chi connectivity index (χ1) is 7.18. The molecule has 1 N–H and O–H groups in total. The summed E-state index contributed by atoms with van der Waals surface area (Å²) in [6.45, 7) is 7.65. The summed E-state index contributed by atoms with van der Waals surface area (Å²) in [5, 5.41) is 3.12. The molecule has 5 heteroatoms. The number of nitrogens with one attached hydrogen (secondary N) is 1. The number of anilines is 1. The molecule has 1 aromatic heterocycles. The lowest BCUT2D eigenvalue weighted by Gasteiger charge is -2.06. The van der Waals surface area contributed by atoms with Gasteiger partial charge in [-0.15, -0.1) is 0 Å². The van der Waals surface area contributed by atoms with Gasteiger partial charge in [0, 0.05) is 12.6 Å². The molecule has 1 aromatic rings. The Hall–Kier alpha value is -0.940. The van der Waals surface area contributed by atoms with Crippen LogP contribution in [0.4, 0.5) is 5.82 Å². The second kappa shape index (κ2) is 6.53. The van der Waals surface area contributed by atoms with Crippen molar-refractivity contribution >= 4 is 21.7 Å². The average Bonchev–Trinajstić information content (AvgIpc) is 2.17. The van der Waals surface area contributed by atoms with Crippen molar-refractivity contribution in [3.63, 3.8) is 0 Å². The summed E-state index contributed by atoms with van der Waals surface area (Å²) in [7, 11) is 0. The molecule has 15 heavy (non-hydrogen) atoms. The smallest absolute Gasteiger partial charge is 0.130 e. The Morgan fingerprint density at radius 2 is 2.40 bits per heavy atom. The van der Waals surface area contributed by atoms with E-state index in [2.05, 4.69) is 37.8 Å². The van der Waals surface area contributed by atoms with Crippen LogP contribution in [0.3, 0.4) is 0 Å². The minimum Gasteiger partial charge on any atom is -0.375 e. The zero-order chi connectivity index (χ0) is 11.1. The first kappa shape index (κ1) is 12.1. The van der Waals surface area contributed by atoms with E-state index in [1.165, 1.54) is 6.33 Å². The predicted octanol–water partition coefficient (Wildman–Crippen LogP) is 2.24. The Morgan fingerprint density at radius 3 is 3.07 bits per heavy atom. The summed E-state index contributed by atoms with van der Waals surface area (Å²) in [6.07, 6.45) is 1.50. The molecular formula is C10H14BrN3O. The summed E-state index contributed by atoms with van der Waals surface area (Å²) < 4.78 is 6.10. The minimum atomic E-state index is 0.606. The highest BCUT2D eigenvalue weighted by Crippen LogP contribution is 2.08. The van der Waals surface area contributed by atoms with Gasteiger partial charge in [0.05, 0.1) is 13.2 Å². The van der Waals surface area contributed by atoms with Crippen molar-refractivity contribution in [2.75, 3.05) is 25.1 Å². The molecule has 0 spiro atoms. The van der Waals surface area contributed by atoms with Crippen LogP contribution in [0.25, 0.3) is 0 Å². The van der Waals surface area contributed by atoms with Gasteiger partial charge in [0.25, 0.3) is 0 Å². The highest BCUT2D eigenvalue weighted by molar-refractivity contribution is 9.10. The Kier molecular flexibility index (Phi) is 5.28. The van der Waals surface area contributed by atoms with Crippen LogP contribution in [0.2, 0.25) is 0 Å². The molecule has 0 aliphatic carbocycles. The molecule has 1 rings (SSSR count). The number of rotatable bonds is 6. The van der Waals surface area contributed by atoms with Crippen molar-refractivity contribution in [3.8, 4) is 0 Å². The van der Waals surface area contributed by atoms with E-state index in [0.717, 1.165) is 22.5 Å². The van der Waals surface area contributed by atoms with Gasteiger partial charge in [-0.3, -0.25) is 0 Å². The lowest BCUT2D eigenvalue weighted by molar-refractivity contribution is 0.167. The van der Waals surface area contributed by atoms with Crippen molar-refractivity contribution in [1.29, 1.82) is 0 Å². The van der Waals surface area contributed by atoms with E-state index in [9.17, 15) is 0 Å². The number of nitrogens with zero attached hydrogens (tertiary/aromatic N) is 2. The van der Waals surface area contributed by atoms with Crippen LogP contribution in [-0.4, -0.2) is 29.7 Å². The fraction of sp³-hybridized carbons (Fsp3) is 0.400. The van der Waals surface area contributed by atoms with E-state index in [0.29, 0.717) is 13.2 Å². The highest BCUT2D eigenvalue weighted by atomic mass is 79.9. The first-order valence-electron chi connectivity index (χ1n) is 4.62. The van der Waals surface area contributed by atoms with E-state index < -0.39 is 0 Å². The zero-order valence-electron chi connectivity index (χ0n) is 8.66. The van der Waals surface area contributed by atoms with Gasteiger partial charge in [-0.05, 0) is 22.9 Å². The summed E-state index contributed by atoms with van der Waals surface area (Å²) >= 11 is 3.27. The summed E-state index contributed by atoms with van der Waals surface area (Å²) in [5.74, 6) is 0.788. The lowest BCUT2D eigenvalue weighted by Crippen LogP contribution is -2.11. The fourth-order valence-corrected chi connectivity index (χ4v) is 1.24. The number of ether oxygens (including phenoxy) is 1. The molecule has 0 aromatic carbocycles. The molecule has 82 valence electrons. The molecule has 4 nitrogen and oxygen atoms in total. The van der Waals surface area contributed by atoms with Crippen LogP contribution in [0.1, 0.15) is 6.92 Å². The quantitative estimate of drug-likeness (QED) is 0.490. The fourth-order valence-electron chi connectivity index (χ4n) is 0.928. The molecule has 0 aliphatic heterocycles. The van der Waals surface area contributed by atoms with Crippen LogP contribution in [0.5, 0.6) is 0 Å². The maximum Gasteiger partial charge on any atom is 0.130 e. The minimum absolute atomic E-state index is 0.606. The number of aromatic nitrogens is 2. The van der Waals surface area contributed by atoms with E-state index in [-0.39, 0.29) is 0 Å². The van der Waals surface area contributed by atoms with Crippen molar-refractivity contribution in [3.05, 3.63) is 29.1 Å². The standard InChI is InChI=1S/C10H14BrN3O/c1-8(2)6-15-4-3-12-10-5-9(11)13-7-14-10/h5,7H,1,3-4,6H2,2H3,(H,12,13,14). The Morgan fingerprint density at radius 1 is 1.60 bits per heavy atom. The SMILES string of the molecule is C=C(C)COCCNc1cc(Br)ncn1. The molecule has 0 saturated heterocycles. The molecule has 0 radical (unpaired) electrons. The molecule has 0 aliphatic rings. The third-order valence-electron chi connectivity index (χ3n) is 1.53. The largest absolute Gasteiger partial charge is 0.375 e. The zero-order valence-corrected chi connectivity index (χ0v) is 10.2. The van der Waals surface area contributed by atoms with E-state index >= 15 is 0 Å². The second-order valence-electron chi connectivity index (χ2n) is 3.16. The van der Waals surface area contributed by atoms with Gasteiger partial charge in [0.1, 0.15) is 16.7 Å². The molecule has 0 amide bonds. The average molecular weight is 272 g/mol. The normalized spacial score (nSPS) is 10.0. The first-order valence-corrected chi connectivity index (χ1v) is 5.41. The maximum atomic E-state index is 5.33. The van der Waals surface area contributed by atoms with Crippen LogP contribution >= 0.6 is 15.9 Å². The van der Waals surface area contributed by atoms with Crippen LogP contribution in [0, 0.1) is 0 Å². The van der Waals surface area contributed by atoms with Crippen molar-refractivity contribution in [1.82, 2.24) is 9.97 Å². The summed E-state index contributed by atoms with van der Waals surface area (Å²) in [6, 6.07) is 1.82. The van der Waals surface area contributed by atoms with Crippen molar-refractivity contribution < 1.29 is 4.74 Å². The third-order valence-corrected chi connectivity index (χ3v) is 1.97. The van der Waals surface area contributed by atoms with Crippen molar-refractivity contribution in [2.45, 2.75) is 6.92 Å². The van der Waals surface area contributed by atoms with Crippen LogP contribution < -0.4 is 5.32 Å². The Balaban J connectivity index is 2.17. The summed E-state index contributed by atoms with van der Waals surface area (Å²) in [4.78, 5) is 7.98. The second-order valence-corrected chi connectivity index (χ2v) is 3.97. The molecule has 1 heterocycles. The lowest BCUT2D eigenvalue weighted by atomic mass is 10.4. The van der Waals surface area contributed by atoms with Gasteiger partial charge in [-0.1, -0.05) is 12.2 Å². The maximum absolute atomic E-state index is 5.33. The number of hydrogen-bond acceptors (Lipinski definition) is 4. The third kappa shape index (κ3) is 5.49. The van der Waals surface area contributed by atoms with Gasteiger partial charge in [0.2, 0.25) is 0 Å². The van der Waals surface area contributed by atoms with Gasteiger partial charge in [-0.2, -0.15) is 0 Å². The predicted molar refractivity (Wildman–Crippen MR) is 63.9 cm³/mol. The van der Waals surface area contributed by atoms with Gasteiger partial charge < -0.3 is 10.1 Å². The number of halogens is 1.